The van der Waals surface area contributed by atoms with Gasteiger partial charge in [-0.2, -0.15) is 9.40 Å². The molecule has 0 amide bonds. The van der Waals surface area contributed by atoms with E-state index in [4.69, 9.17) is 4.74 Å². The first-order valence-electron chi connectivity index (χ1n) is 8.15. The van der Waals surface area contributed by atoms with Crippen molar-refractivity contribution >= 4 is 27.1 Å². The van der Waals surface area contributed by atoms with Gasteiger partial charge in [0.15, 0.2) is 0 Å². The first-order chi connectivity index (χ1) is 13.2. The van der Waals surface area contributed by atoms with E-state index in [0.29, 0.717) is 0 Å². The van der Waals surface area contributed by atoms with Gasteiger partial charge in [-0.05, 0) is 12.1 Å². The summed E-state index contributed by atoms with van der Waals surface area (Å²) < 4.78 is 59.0. The van der Waals surface area contributed by atoms with E-state index >= 15 is 0 Å². The fourth-order valence-electron chi connectivity index (χ4n) is 2.81. The Morgan fingerprint density at radius 3 is 2.57 bits per heavy atom. The monoisotopic (exact) mass is 417 g/mol. The molecule has 0 unspecified atom stereocenters. The minimum Gasteiger partial charge on any atom is -0.379 e. The quantitative estimate of drug-likeness (QED) is 0.564. The normalized spacial score (nSPS) is 15.7. The number of sulfonamides is 1. The van der Waals surface area contributed by atoms with Gasteiger partial charge < -0.3 is 10.1 Å². The zero-order chi connectivity index (χ0) is 20.5. The van der Waals surface area contributed by atoms with Gasteiger partial charge in [0.25, 0.3) is 12.1 Å². The van der Waals surface area contributed by atoms with Gasteiger partial charge in [-0.25, -0.2) is 17.2 Å². The Kier molecular flexibility index (Phi) is 5.58. The summed E-state index contributed by atoms with van der Waals surface area (Å²) in [6.45, 7) is 0.754. The number of morpholine rings is 1. The summed E-state index contributed by atoms with van der Waals surface area (Å²) in [4.78, 5) is 10.4. The molecule has 2 aromatic rings. The van der Waals surface area contributed by atoms with Crippen LogP contribution in [-0.4, -0.2) is 53.7 Å². The van der Waals surface area contributed by atoms with Crippen molar-refractivity contribution < 1.29 is 26.9 Å². The number of nitrogens with one attached hydrogen (secondary N) is 1. The lowest BCUT2D eigenvalue weighted by atomic mass is 10.2. The number of alkyl halides is 2. The molecule has 1 aliphatic rings. The minimum atomic E-state index is -3.94. The van der Waals surface area contributed by atoms with Crippen molar-refractivity contribution in [1.29, 1.82) is 0 Å². The van der Waals surface area contributed by atoms with Gasteiger partial charge in [0.2, 0.25) is 10.0 Å². The molecule has 1 aromatic carbocycles. The first kappa shape index (κ1) is 20.1. The van der Waals surface area contributed by atoms with Crippen LogP contribution in [0.3, 0.4) is 0 Å². The Labute approximate surface area is 158 Å². The summed E-state index contributed by atoms with van der Waals surface area (Å²) in [6, 6.07) is 3.28. The third-order valence-corrected chi connectivity index (χ3v) is 6.13. The number of ether oxygens (including phenoxy) is 1. The number of aryl methyl sites for hydroxylation is 1. The van der Waals surface area contributed by atoms with E-state index in [9.17, 15) is 27.3 Å². The molecule has 2 heterocycles. The number of nitrogens with zero attached hydrogens (tertiary/aromatic N) is 4. The third kappa shape index (κ3) is 3.81. The van der Waals surface area contributed by atoms with Crippen LogP contribution in [0, 0.1) is 10.1 Å². The number of hydrogen-bond acceptors (Lipinski definition) is 7. The number of benzene rings is 1. The van der Waals surface area contributed by atoms with E-state index in [0.717, 1.165) is 16.9 Å². The topological polar surface area (TPSA) is 120 Å². The molecule has 152 valence electrons. The SMILES string of the molecule is Cn1ncc(Nc2ccc(S(=O)(=O)N3CCOCC3)cc2[N+](=O)[O-])c1C(F)F. The Balaban J connectivity index is 1.97. The molecule has 0 atom stereocenters. The van der Waals surface area contributed by atoms with Crippen molar-refractivity contribution in [1.82, 2.24) is 14.1 Å². The molecule has 1 N–H and O–H groups in total. The van der Waals surface area contributed by atoms with Gasteiger partial charge in [0.05, 0.1) is 34.9 Å². The molecule has 0 saturated carbocycles. The Bertz CT molecular complexity index is 989. The molecule has 0 radical (unpaired) electrons. The van der Waals surface area contributed by atoms with Crippen molar-refractivity contribution in [2.24, 2.45) is 7.05 Å². The summed E-state index contributed by atoms with van der Waals surface area (Å²) in [5.41, 5.74) is -1.23. The average Bonchev–Trinajstić information content (AvgIpc) is 3.02. The van der Waals surface area contributed by atoms with Crippen LogP contribution in [0.25, 0.3) is 0 Å². The van der Waals surface area contributed by atoms with Crippen LogP contribution in [0.1, 0.15) is 12.1 Å². The smallest absolute Gasteiger partial charge is 0.294 e. The minimum absolute atomic E-state index is 0.107. The maximum Gasteiger partial charge on any atom is 0.294 e. The van der Waals surface area contributed by atoms with Crippen LogP contribution < -0.4 is 5.32 Å². The molecule has 1 fully saturated rings. The summed E-state index contributed by atoms with van der Waals surface area (Å²) >= 11 is 0. The predicted molar refractivity (Wildman–Crippen MR) is 94.1 cm³/mol. The molecule has 10 nitrogen and oxygen atoms in total. The first-order valence-corrected chi connectivity index (χ1v) is 9.59. The van der Waals surface area contributed by atoms with Crippen LogP contribution >= 0.6 is 0 Å². The Hall–Kier alpha value is -2.64. The molecule has 3 rings (SSSR count). The second-order valence-electron chi connectivity index (χ2n) is 5.95. The number of halogens is 2. The van der Waals surface area contributed by atoms with E-state index in [1.54, 1.807) is 0 Å². The number of anilines is 2. The molecule has 1 aliphatic heterocycles. The zero-order valence-electron chi connectivity index (χ0n) is 14.7. The summed E-state index contributed by atoms with van der Waals surface area (Å²) in [5, 5.41) is 17.7. The number of nitro groups is 1. The van der Waals surface area contributed by atoms with Crippen molar-refractivity contribution in [3.8, 4) is 0 Å². The highest BCUT2D eigenvalue weighted by Crippen LogP contribution is 2.34. The maximum absolute atomic E-state index is 13.2. The largest absolute Gasteiger partial charge is 0.379 e. The van der Waals surface area contributed by atoms with Gasteiger partial charge in [-0.3, -0.25) is 14.8 Å². The number of nitro benzene ring substituents is 1. The zero-order valence-corrected chi connectivity index (χ0v) is 15.5. The van der Waals surface area contributed by atoms with E-state index < -0.39 is 32.8 Å². The van der Waals surface area contributed by atoms with Crippen LogP contribution in [0.2, 0.25) is 0 Å². The number of rotatable bonds is 6. The standard InChI is InChI=1S/C15H17F2N5O5S/c1-20-14(15(16)17)12(9-18-20)19-11-3-2-10(8-13(11)22(23)24)28(25,26)21-4-6-27-7-5-21/h2-3,8-9,15,19H,4-7H2,1H3. The summed E-state index contributed by atoms with van der Waals surface area (Å²) in [7, 11) is -2.62. The van der Waals surface area contributed by atoms with E-state index in [1.165, 1.54) is 23.5 Å². The average molecular weight is 417 g/mol. The van der Waals surface area contributed by atoms with Gasteiger partial charge >= 0.3 is 0 Å². The van der Waals surface area contributed by atoms with Crippen LogP contribution in [0.4, 0.5) is 25.8 Å². The van der Waals surface area contributed by atoms with Gasteiger partial charge in [0, 0.05) is 26.2 Å². The lowest BCUT2D eigenvalue weighted by molar-refractivity contribution is -0.384. The van der Waals surface area contributed by atoms with Crippen molar-refractivity contribution in [2.45, 2.75) is 11.3 Å². The number of hydrogen-bond donors (Lipinski definition) is 1. The molecule has 1 aromatic heterocycles. The highest BCUT2D eigenvalue weighted by Gasteiger charge is 2.29. The molecular weight excluding hydrogens is 400 g/mol. The molecule has 1 saturated heterocycles. The van der Waals surface area contributed by atoms with E-state index in [1.807, 2.05) is 0 Å². The predicted octanol–water partition coefficient (Wildman–Crippen LogP) is 2.03. The lowest BCUT2D eigenvalue weighted by Crippen LogP contribution is -2.40. The molecule has 13 heteroatoms. The highest BCUT2D eigenvalue weighted by molar-refractivity contribution is 7.89. The number of aromatic nitrogens is 2. The summed E-state index contributed by atoms with van der Waals surface area (Å²) in [5.74, 6) is 0. The molecular formula is C15H17F2N5O5S. The van der Waals surface area contributed by atoms with Crippen molar-refractivity contribution in [3.05, 3.63) is 40.2 Å². The second-order valence-corrected chi connectivity index (χ2v) is 7.88. The van der Waals surface area contributed by atoms with E-state index in [2.05, 4.69) is 10.4 Å². The molecule has 0 aliphatic carbocycles. The van der Waals surface area contributed by atoms with Gasteiger partial charge in [-0.1, -0.05) is 0 Å². The Morgan fingerprint density at radius 1 is 1.29 bits per heavy atom. The van der Waals surface area contributed by atoms with Crippen molar-refractivity contribution in [2.75, 3.05) is 31.6 Å². The van der Waals surface area contributed by atoms with Crippen molar-refractivity contribution in [3.63, 3.8) is 0 Å². The summed E-state index contributed by atoms with van der Waals surface area (Å²) in [6.07, 6.45) is -1.74. The molecule has 0 spiro atoms. The van der Waals surface area contributed by atoms with Crippen LogP contribution in [-0.2, 0) is 21.8 Å². The lowest BCUT2D eigenvalue weighted by Gasteiger charge is -2.26. The molecule has 0 bridgehead atoms. The fourth-order valence-corrected chi connectivity index (χ4v) is 4.24. The molecule has 28 heavy (non-hydrogen) atoms. The van der Waals surface area contributed by atoms with Crippen LogP contribution in [0.15, 0.2) is 29.3 Å². The van der Waals surface area contributed by atoms with E-state index in [-0.39, 0.29) is 42.6 Å². The van der Waals surface area contributed by atoms with Crippen LogP contribution in [0.5, 0.6) is 0 Å². The highest BCUT2D eigenvalue weighted by atomic mass is 32.2. The second kappa shape index (κ2) is 7.77. The van der Waals surface area contributed by atoms with Gasteiger partial charge in [0.1, 0.15) is 11.4 Å². The Morgan fingerprint density at radius 2 is 1.96 bits per heavy atom. The van der Waals surface area contributed by atoms with Gasteiger partial charge in [-0.15, -0.1) is 0 Å². The fraction of sp³-hybridized carbons (Fsp3) is 0.400. The maximum atomic E-state index is 13.2. The third-order valence-electron chi connectivity index (χ3n) is 4.23.